The predicted octanol–water partition coefficient (Wildman–Crippen LogP) is 3.75. The minimum absolute atomic E-state index is 0.251. The van der Waals surface area contributed by atoms with Gasteiger partial charge in [0, 0.05) is 6.54 Å². The predicted molar refractivity (Wildman–Crippen MR) is 67.6 cm³/mol. The molecule has 1 aromatic carbocycles. The summed E-state index contributed by atoms with van der Waals surface area (Å²) in [4.78, 5) is 0. The van der Waals surface area contributed by atoms with Gasteiger partial charge in [0.2, 0.25) is 0 Å². The second kappa shape index (κ2) is 5.76. The highest BCUT2D eigenvalue weighted by Crippen LogP contribution is 2.21. The van der Waals surface area contributed by atoms with Gasteiger partial charge >= 0.3 is 0 Å². The zero-order chi connectivity index (χ0) is 13.0. The zero-order valence-electron chi connectivity index (χ0n) is 10.4. The lowest BCUT2D eigenvalue weighted by atomic mass is 10.1. The van der Waals surface area contributed by atoms with E-state index in [1.165, 1.54) is 12.1 Å². The van der Waals surface area contributed by atoms with Gasteiger partial charge in [-0.25, -0.2) is 4.39 Å². The van der Waals surface area contributed by atoms with Crippen LogP contribution in [0, 0.1) is 12.7 Å². The molecular weight excluding hydrogens is 234 g/mol. The van der Waals surface area contributed by atoms with Crippen LogP contribution < -0.4 is 0 Å². The third kappa shape index (κ3) is 2.94. The molecule has 0 fully saturated rings. The van der Waals surface area contributed by atoms with Crippen LogP contribution in [-0.4, -0.2) is 16.5 Å². The minimum atomic E-state index is -0.299. The zero-order valence-corrected chi connectivity index (χ0v) is 10.4. The van der Waals surface area contributed by atoms with Crippen LogP contribution in [0.2, 0.25) is 0 Å². The molecule has 0 spiro atoms. The molecule has 4 heteroatoms. The lowest BCUT2D eigenvalue weighted by Crippen LogP contribution is -2.03. The van der Waals surface area contributed by atoms with Gasteiger partial charge in [-0.2, -0.15) is 5.10 Å². The number of aromatic nitrogens is 2. The van der Waals surface area contributed by atoms with Crippen LogP contribution in [0.25, 0.3) is 11.3 Å². The Hall–Kier alpha value is -1.71. The summed E-state index contributed by atoms with van der Waals surface area (Å²) in [5, 5.41) is 4.38. The molecule has 1 aromatic heterocycles. The fourth-order valence-electron chi connectivity index (χ4n) is 1.93. The van der Waals surface area contributed by atoms with E-state index < -0.39 is 0 Å². The molecule has 0 N–H and O–H groups in total. The first-order valence-corrected chi connectivity index (χ1v) is 6.07. The summed E-state index contributed by atoms with van der Waals surface area (Å²) in [5.41, 5.74) is 2.79. The fourth-order valence-corrected chi connectivity index (χ4v) is 1.93. The van der Waals surface area contributed by atoms with Crippen LogP contribution in [0.4, 0.5) is 8.78 Å². The first-order chi connectivity index (χ1) is 8.70. The molecule has 0 aliphatic heterocycles. The first-order valence-electron chi connectivity index (χ1n) is 6.07. The van der Waals surface area contributed by atoms with Crippen molar-refractivity contribution in [3.05, 3.63) is 41.8 Å². The summed E-state index contributed by atoms with van der Waals surface area (Å²) in [7, 11) is 0. The molecule has 0 radical (unpaired) electrons. The van der Waals surface area contributed by atoms with Gasteiger partial charge in [-0.05, 0) is 55.7 Å². The summed E-state index contributed by atoms with van der Waals surface area (Å²) in [5.74, 6) is -0.251. The largest absolute Gasteiger partial charge is 0.265 e. The SMILES string of the molecule is Cc1cc(-c2ccc(F)cc2)n(CCCCF)n1. The standard InChI is InChI=1S/C14H16F2N2/c1-11-10-14(12-4-6-13(16)7-5-12)18(17-11)9-3-2-8-15/h4-7,10H,2-3,8-9H2,1H3. The fraction of sp³-hybridized carbons (Fsp3) is 0.357. The number of aryl methyl sites for hydroxylation is 2. The number of hydrogen-bond donors (Lipinski definition) is 0. The minimum Gasteiger partial charge on any atom is -0.265 e. The van der Waals surface area contributed by atoms with Crippen LogP contribution in [0.15, 0.2) is 30.3 Å². The van der Waals surface area contributed by atoms with Gasteiger partial charge in [0.05, 0.1) is 18.1 Å². The summed E-state index contributed by atoms with van der Waals surface area (Å²) < 4.78 is 26.8. The topological polar surface area (TPSA) is 17.8 Å². The normalized spacial score (nSPS) is 10.8. The molecule has 18 heavy (non-hydrogen) atoms. The Morgan fingerprint density at radius 2 is 1.89 bits per heavy atom. The van der Waals surface area contributed by atoms with Crippen molar-refractivity contribution >= 4 is 0 Å². The highest BCUT2D eigenvalue weighted by atomic mass is 19.1. The Morgan fingerprint density at radius 1 is 1.17 bits per heavy atom. The Morgan fingerprint density at radius 3 is 2.56 bits per heavy atom. The van der Waals surface area contributed by atoms with Gasteiger partial charge in [0.15, 0.2) is 0 Å². The van der Waals surface area contributed by atoms with E-state index in [1.807, 2.05) is 17.7 Å². The van der Waals surface area contributed by atoms with Gasteiger partial charge in [-0.3, -0.25) is 9.07 Å². The summed E-state index contributed by atoms with van der Waals surface area (Å²) in [6.45, 7) is 2.30. The van der Waals surface area contributed by atoms with Crippen LogP contribution in [-0.2, 0) is 6.54 Å². The van der Waals surface area contributed by atoms with Gasteiger partial charge < -0.3 is 0 Å². The summed E-state index contributed by atoms with van der Waals surface area (Å²) in [6, 6.07) is 8.30. The van der Waals surface area contributed by atoms with Gasteiger partial charge in [-0.15, -0.1) is 0 Å². The number of hydrogen-bond acceptors (Lipinski definition) is 1. The molecule has 2 rings (SSSR count). The van der Waals surface area contributed by atoms with Crippen molar-refractivity contribution in [2.45, 2.75) is 26.3 Å². The van der Waals surface area contributed by atoms with Crippen LogP contribution in [0.3, 0.4) is 0 Å². The molecule has 0 aliphatic carbocycles. The first kappa shape index (κ1) is 12.7. The maximum absolute atomic E-state index is 12.9. The van der Waals surface area contributed by atoms with E-state index in [4.69, 9.17) is 0 Å². The molecule has 0 saturated heterocycles. The van der Waals surface area contributed by atoms with Crippen LogP contribution in [0.1, 0.15) is 18.5 Å². The maximum Gasteiger partial charge on any atom is 0.123 e. The van der Waals surface area contributed by atoms with Crippen molar-refractivity contribution in [1.29, 1.82) is 0 Å². The Labute approximate surface area is 105 Å². The van der Waals surface area contributed by atoms with Crippen molar-refractivity contribution in [3.63, 3.8) is 0 Å². The van der Waals surface area contributed by atoms with E-state index in [0.29, 0.717) is 13.0 Å². The Kier molecular flexibility index (Phi) is 4.07. The third-order valence-electron chi connectivity index (χ3n) is 2.80. The molecular formula is C14H16F2N2. The number of halogens is 2. The van der Waals surface area contributed by atoms with Crippen LogP contribution in [0.5, 0.6) is 0 Å². The lowest BCUT2D eigenvalue weighted by molar-refractivity contribution is 0.440. The van der Waals surface area contributed by atoms with Gasteiger partial charge in [0.1, 0.15) is 5.82 Å². The van der Waals surface area contributed by atoms with E-state index in [0.717, 1.165) is 23.4 Å². The molecule has 0 saturated carbocycles. The molecule has 96 valence electrons. The smallest absolute Gasteiger partial charge is 0.123 e. The monoisotopic (exact) mass is 250 g/mol. The lowest BCUT2D eigenvalue weighted by Gasteiger charge is -2.06. The van der Waals surface area contributed by atoms with E-state index >= 15 is 0 Å². The number of unbranched alkanes of at least 4 members (excludes halogenated alkanes) is 1. The van der Waals surface area contributed by atoms with Crippen LogP contribution >= 0.6 is 0 Å². The average molecular weight is 250 g/mol. The Bertz CT molecular complexity index is 503. The van der Waals surface area contributed by atoms with Gasteiger partial charge in [-0.1, -0.05) is 0 Å². The number of alkyl halides is 1. The number of benzene rings is 1. The Balaban J connectivity index is 2.23. The summed E-state index contributed by atoms with van der Waals surface area (Å²) >= 11 is 0. The third-order valence-corrected chi connectivity index (χ3v) is 2.80. The van der Waals surface area contributed by atoms with Crippen molar-refractivity contribution in [1.82, 2.24) is 9.78 Å². The molecule has 0 unspecified atom stereocenters. The number of nitrogens with zero attached hydrogens (tertiary/aromatic N) is 2. The van der Waals surface area contributed by atoms with E-state index in [-0.39, 0.29) is 12.5 Å². The van der Waals surface area contributed by atoms with Crippen molar-refractivity contribution in [2.75, 3.05) is 6.67 Å². The second-order valence-corrected chi connectivity index (χ2v) is 4.30. The van der Waals surface area contributed by atoms with Gasteiger partial charge in [0.25, 0.3) is 0 Å². The van der Waals surface area contributed by atoms with Crippen molar-refractivity contribution in [2.24, 2.45) is 0 Å². The van der Waals surface area contributed by atoms with E-state index in [9.17, 15) is 8.78 Å². The average Bonchev–Trinajstić information content (AvgIpc) is 2.72. The van der Waals surface area contributed by atoms with E-state index in [2.05, 4.69) is 5.10 Å². The molecule has 0 aliphatic rings. The molecule has 0 atom stereocenters. The molecule has 0 bridgehead atoms. The molecule has 2 aromatic rings. The quantitative estimate of drug-likeness (QED) is 0.739. The molecule has 2 nitrogen and oxygen atoms in total. The highest BCUT2D eigenvalue weighted by molar-refractivity contribution is 5.59. The number of rotatable bonds is 5. The second-order valence-electron chi connectivity index (χ2n) is 4.30. The molecule has 0 amide bonds. The highest BCUT2D eigenvalue weighted by Gasteiger charge is 2.07. The summed E-state index contributed by atoms with van der Waals surface area (Å²) in [6.07, 6.45) is 1.30. The van der Waals surface area contributed by atoms with Crippen molar-refractivity contribution < 1.29 is 8.78 Å². The van der Waals surface area contributed by atoms with E-state index in [1.54, 1.807) is 12.1 Å². The van der Waals surface area contributed by atoms with Crippen molar-refractivity contribution in [3.8, 4) is 11.3 Å². The molecule has 1 heterocycles. The maximum atomic E-state index is 12.9.